The van der Waals surface area contributed by atoms with Crippen LogP contribution >= 0.6 is 0 Å². The van der Waals surface area contributed by atoms with Crippen molar-refractivity contribution in [2.75, 3.05) is 6.61 Å². The molecule has 118 valence electrons. The molecule has 0 saturated carbocycles. The molecule has 1 fully saturated rings. The first-order chi connectivity index (χ1) is 10.0. The third-order valence-corrected chi connectivity index (χ3v) is 3.23. The van der Waals surface area contributed by atoms with Gasteiger partial charge in [0.25, 0.3) is 0 Å². The van der Waals surface area contributed by atoms with Gasteiger partial charge in [0.2, 0.25) is 6.29 Å². The molecular formula is C13H19NO7. The van der Waals surface area contributed by atoms with E-state index in [-0.39, 0.29) is 12.3 Å². The maximum Gasteiger partial charge on any atom is 0.206 e. The van der Waals surface area contributed by atoms with Crippen LogP contribution in [0.3, 0.4) is 0 Å². The molecule has 1 saturated heterocycles. The Labute approximate surface area is 121 Å². The van der Waals surface area contributed by atoms with Gasteiger partial charge in [0.05, 0.1) is 6.61 Å². The van der Waals surface area contributed by atoms with Crippen LogP contribution in [-0.4, -0.2) is 62.8 Å². The number of phenolic OH excluding ortho intramolecular Hbond substituents is 1. The van der Waals surface area contributed by atoms with Gasteiger partial charge in [-0.1, -0.05) is 12.1 Å². The number of hydrogen-bond donors (Lipinski definition) is 6. The molecule has 0 bridgehead atoms. The van der Waals surface area contributed by atoms with E-state index in [1.165, 1.54) is 12.1 Å². The zero-order valence-corrected chi connectivity index (χ0v) is 11.2. The van der Waals surface area contributed by atoms with Gasteiger partial charge in [0, 0.05) is 6.54 Å². The van der Waals surface area contributed by atoms with Crippen LogP contribution in [-0.2, 0) is 16.1 Å². The summed E-state index contributed by atoms with van der Waals surface area (Å²) in [6, 6.07) is 6.48. The Hall–Kier alpha value is -1.26. The molecule has 5 atom stereocenters. The predicted octanol–water partition coefficient (Wildman–Crippen LogP) is -1.79. The normalized spacial score (nSPS) is 33.0. The molecule has 1 aliphatic rings. The summed E-state index contributed by atoms with van der Waals surface area (Å²) in [5.41, 5.74) is 3.27. The molecule has 8 heteroatoms. The molecular weight excluding hydrogens is 282 g/mol. The van der Waals surface area contributed by atoms with E-state index < -0.39 is 37.3 Å². The van der Waals surface area contributed by atoms with Crippen molar-refractivity contribution in [2.45, 2.75) is 37.3 Å². The summed E-state index contributed by atoms with van der Waals surface area (Å²) in [5, 5.41) is 47.3. The summed E-state index contributed by atoms with van der Waals surface area (Å²) >= 11 is 0. The summed E-state index contributed by atoms with van der Waals surface area (Å²) in [5.74, 6) is 0.113. The van der Waals surface area contributed by atoms with E-state index in [1.54, 1.807) is 12.1 Å². The Morgan fingerprint density at radius 3 is 2.57 bits per heavy atom. The van der Waals surface area contributed by atoms with E-state index in [4.69, 9.17) is 14.7 Å². The highest BCUT2D eigenvalue weighted by Gasteiger charge is 2.44. The fraction of sp³-hybridized carbons (Fsp3) is 0.538. The topological polar surface area (TPSA) is 132 Å². The third kappa shape index (κ3) is 3.89. The fourth-order valence-corrected chi connectivity index (χ4v) is 2.04. The van der Waals surface area contributed by atoms with Gasteiger partial charge in [0.15, 0.2) is 0 Å². The average molecular weight is 301 g/mol. The zero-order chi connectivity index (χ0) is 15.4. The summed E-state index contributed by atoms with van der Waals surface area (Å²) in [6.45, 7) is -0.291. The monoisotopic (exact) mass is 301 g/mol. The number of benzene rings is 1. The summed E-state index contributed by atoms with van der Waals surface area (Å²) in [4.78, 5) is 5.10. The first kappa shape index (κ1) is 16.1. The Bertz CT molecular complexity index is 456. The smallest absolute Gasteiger partial charge is 0.206 e. The van der Waals surface area contributed by atoms with Crippen molar-refractivity contribution in [3.05, 3.63) is 29.8 Å². The second-order valence-electron chi connectivity index (χ2n) is 4.81. The average Bonchev–Trinajstić information content (AvgIpc) is 2.47. The SMILES string of the molecule is OC[C@H]1O[C@@H](ONCc2cccc(O)c2)[C@H](O)[C@@H](O)[C@H]1O. The minimum Gasteiger partial charge on any atom is -0.508 e. The summed E-state index contributed by atoms with van der Waals surface area (Å²) < 4.78 is 5.15. The van der Waals surface area contributed by atoms with Crippen LogP contribution in [0.15, 0.2) is 24.3 Å². The first-order valence-corrected chi connectivity index (χ1v) is 6.50. The van der Waals surface area contributed by atoms with Gasteiger partial charge in [-0.15, -0.1) is 0 Å². The number of ether oxygens (including phenoxy) is 1. The molecule has 0 aromatic heterocycles. The van der Waals surface area contributed by atoms with Crippen molar-refractivity contribution in [3.8, 4) is 5.75 Å². The van der Waals surface area contributed by atoms with Gasteiger partial charge in [-0.05, 0) is 17.7 Å². The molecule has 0 unspecified atom stereocenters. The number of aliphatic hydroxyl groups is 4. The van der Waals surface area contributed by atoms with Crippen LogP contribution in [0, 0.1) is 0 Å². The van der Waals surface area contributed by atoms with Crippen molar-refractivity contribution >= 4 is 0 Å². The Balaban J connectivity index is 1.87. The van der Waals surface area contributed by atoms with Crippen LogP contribution in [0.2, 0.25) is 0 Å². The van der Waals surface area contributed by atoms with E-state index in [2.05, 4.69) is 5.48 Å². The van der Waals surface area contributed by atoms with Crippen molar-refractivity contribution < 1.29 is 35.1 Å². The van der Waals surface area contributed by atoms with E-state index in [1.807, 2.05) is 0 Å². The lowest BCUT2D eigenvalue weighted by Crippen LogP contribution is -2.59. The number of nitrogens with one attached hydrogen (secondary N) is 1. The maximum absolute atomic E-state index is 9.74. The lowest BCUT2D eigenvalue weighted by molar-refractivity contribution is -0.316. The molecule has 1 aliphatic heterocycles. The van der Waals surface area contributed by atoms with E-state index in [9.17, 15) is 20.4 Å². The van der Waals surface area contributed by atoms with Crippen molar-refractivity contribution in [1.29, 1.82) is 0 Å². The minimum absolute atomic E-state index is 0.113. The van der Waals surface area contributed by atoms with E-state index >= 15 is 0 Å². The lowest BCUT2D eigenvalue weighted by Gasteiger charge is -2.39. The molecule has 2 rings (SSSR count). The fourth-order valence-electron chi connectivity index (χ4n) is 2.04. The number of hydrogen-bond acceptors (Lipinski definition) is 8. The molecule has 0 aliphatic carbocycles. The van der Waals surface area contributed by atoms with Crippen LogP contribution in [0.4, 0.5) is 0 Å². The molecule has 0 spiro atoms. The largest absolute Gasteiger partial charge is 0.508 e. The second kappa shape index (κ2) is 7.14. The zero-order valence-electron chi connectivity index (χ0n) is 11.2. The van der Waals surface area contributed by atoms with Crippen molar-refractivity contribution in [1.82, 2.24) is 5.48 Å². The lowest BCUT2D eigenvalue weighted by atomic mass is 9.99. The number of rotatable bonds is 5. The quantitative estimate of drug-likeness (QED) is 0.352. The Morgan fingerprint density at radius 2 is 1.90 bits per heavy atom. The predicted molar refractivity (Wildman–Crippen MR) is 69.8 cm³/mol. The highest BCUT2D eigenvalue weighted by Crippen LogP contribution is 2.21. The second-order valence-corrected chi connectivity index (χ2v) is 4.81. The highest BCUT2D eigenvalue weighted by molar-refractivity contribution is 5.26. The molecule has 1 aromatic rings. The maximum atomic E-state index is 9.74. The highest BCUT2D eigenvalue weighted by atomic mass is 16.8. The Kier molecular flexibility index (Phi) is 5.48. The number of aromatic hydroxyl groups is 1. The molecule has 1 heterocycles. The van der Waals surface area contributed by atoms with Gasteiger partial charge in [0.1, 0.15) is 30.2 Å². The van der Waals surface area contributed by atoms with Gasteiger partial charge in [-0.25, -0.2) is 0 Å². The number of hydroxylamine groups is 1. The summed E-state index contributed by atoms with van der Waals surface area (Å²) in [7, 11) is 0. The van der Waals surface area contributed by atoms with Crippen LogP contribution in [0.5, 0.6) is 5.75 Å². The minimum atomic E-state index is -1.48. The number of aliphatic hydroxyl groups excluding tert-OH is 4. The Morgan fingerprint density at radius 1 is 1.14 bits per heavy atom. The molecule has 8 nitrogen and oxygen atoms in total. The third-order valence-electron chi connectivity index (χ3n) is 3.23. The van der Waals surface area contributed by atoms with Crippen LogP contribution in [0.1, 0.15) is 5.56 Å². The molecule has 6 N–H and O–H groups in total. The van der Waals surface area contributed by atoms with E-state index in [0.29, 0.717) is 0 Å². The molecule has 1 aromatic carbocycles. The number of phenols is 1. The molecule has 0 radical (unpaired) electrons. The van der Waals surface area contributed by atoms with Crippen molar-refractivity contribution in [3.63, 3.8) is 0 Å². The van der Waals surface area contributed by atoms with Gasteiger partial charge >= 0.3 is 0 Å². The standard InChI is InChI=1S/C13H19NO7/c15-6-9-10(17)11(18)12(19)13(20-9)21-14-5-7-2-1-3-8(16)4-7/h1-4,9-19H,5-6H2/t9-,10+,11+,12-,13+/m1/s1. The molecule has 21 heavy (non-hydrogen) atoms. The summed E-state index contributed by atoms with van der Waals surface area (Å²) in [6.07, 6.45) is -6.62. The van der Waals surface area contributed by atoms with E-state index in [0.717, 1.165) is 5.56 Å². The molecule has 0 amide bonds. The van der Waals surface area contributed by atoms with Gasteiger partial charge in [-0.3, -0.25) is 4.84 Å². The van der Waals surface area contributed by atoms with Crippen LogP contribution < -0.4 is 5.48 Å². The van der Waals surface area contributed by atoms with Gasteiger partial charge < -0.3 is 30.3 Å². The first-order valence-electron chi connectivity index (χ1n) is 6.50. The van der Waals surface area contributed by atoms with Crippen molar-refractivity contribution in [2.24, 2.45) is 0 Å². The van der Waals surface area contributed by atoms with Gasteiger partial charge in [-0.2, -0.15) is 5.48 Å². The van der Waals surface area contributed by atoms with Crippen LogP contribution in [0.25, 0.3) is 0 Å².